The summed E-state index contributed by atoms with van der Waals surface area (Å²) in [6, 6.07) is 1.53. The molecular formula is C19H30N3O5S+. The maximum Gasteiger partial charge on any atom is 0.413 e. The molecule has 0 spiro atoms. The van der Waals surface area contributed by atoms with Crippen LogP contribution in [-0.4, -0.2) is 64.1 Å². The normalized spacial score (nSPS) is 17.2. The van der Waals surface area contributed by atoms with E-state index in [9.17, 15) is 18.0 Å². The molecule has 1 atom stereocenters. The van der Waals surface area contributed by atoms with Gasteiger partial charge < -0.3 is 9.64 Å². The monoisotopic (exact) mass is 412 g/mol. The number of quaternary nitrogens is 1. The van der Waals surface area contributed by atoms with Crippen molar-refractivity contribution in [2.24, 2.45) is 0 Å². The van der Waals surface area contributed by atoms with E-state index in [1.807, 2.05) is 33.8 Å². The van der Waals surface area contributed by atoms with Crippen LogP contribution in [0.1, 0.15) is 29.2 Å². The van der Waals surface area contributed by atoms with Crippen LogP contribution in [-0.2, 0) is 19.6 Å². The summed E-state index contributed by atoms with van der Waals surface area (Å²) < 4.78 is 32.5. The highest BCUT2D eigenvalue weighted by Crippen LogP contribution is 2.28. The first-order chi connectivity index (χ1) is 13.0. The SMILES string of the molecule is COC(=O)NC(=O)[C@@H](C)[NH+]1CCN(S(=O)(=O)c2c(C)c(C)cc(C)c2C)CC1. The fourth-order valence-electron chi connectivity index (χ4n) is 3.59. The molecule has 1 fully saturated rings. The number of hydrogen-bond donors (Lipinski definition) is 2. The topological polar surface area (TPSA) is 97.2 Å². The molecule has 28 heavy (non-hydrogen) atoms. The van der Waals surface area contributed by atoms with Crippen LogP contribution in [0.15, 0.2) is 11.0 Å². The van der Waals surface area contributed by atoms with E-state index in [1.54, 1.807) is 6.92 Å². The lowest BCUT2D eigenvalue weighted by molar-refractivity contribution is -0.917. The maximum atomic E-state index is 13.3. The lowest BCUT2D eigenvalue weighted by Crippen LogP contribution is -3.19. The Bertz CT molecular complexity index is 848. The fourth-order valence-corrected chi connectivity index (χ4v) is 5.61. The van der Waals surface area contributed by atoms with Crippen molar-refractivity contribution in [3.8, 4) is 0 Å². The summed E-state index contributed by atoms with van der Waals surface area (Å²) in [5.41, 5.74) is 3.48. The minimum absolute atomic E-state index is 0.319. The van der Waals surface area contributed by atoms with Gasteiger partial charge in [0.25, 0.3) is 5.91 Å². The molecule has 2 amide bonds. The Hall–Kier alpha value is -1.97. The number of piperazine rings is 1. The number of carbonyl (C=O) groups is 2. The van der Waals surface area contributed by atoms with Gasteiger partial charge in [0.2, 0.25) is 10.0 Å². The molecular weight excluding hydrogens is 382 g/mol. The summed E-state index contributed by atoms with van der Waals surface area (Å²) in [7, 11) is -2.42. The Labute approximate surface area is 166 Å². The Morgan fingerprint density at radius 1 is 1.11 bits per heavy atom. The average Bonchev–Trinajstić information content (AvgIpc) is 2.65. The number of aryl methyl sites for hydroxylation is 2. The molecule has 9 heteroatoms. The van der Waals surface area contributed by atoms with Crippen LogP contribution in [0.25, 0.3) is 0 Å². The first-order valence-electron chi connectivity index (χ1n) is 9.31. The third-order valence-corrected chi connectivity index (χ3v) is 7.85. The summed E-state index contributed by atoms with van der Waals surface area (Å²) >= 11 is 0. The number of benzene rings is 1. The van der Waals surface area contributed by atoms with Gasteiger partial charge in [0.05, 0.1) is 38.2 Å². The van der Waals surface area contributed by atoms with Gasteiger partial charge in [-0.25, -0.2) is 13.2 Å². The highest BCUT2D eigenvalue weighted by molar-refractivity contribution is 7.89. The predicted octanol–water partition coefficient (Wildman–Crippen LogP) is 0.0806. The van der Waals surface area contributed by atoms with Gasteiger partial charge in [-0.1, -0.05) is 6.07 Å². The molecule has 1 aromatic rings. The first-order valence-corrected chi connectivity index (χ1v) is 10.8. The van der Waals surface area contributed by atoms with Crippen molar-refractivity contribution in [3.63, 3.8) is 0 Å². The summed E-state index contributed by atoms with van der Waals surface area (Å²) in [5, 5.41) is 2.17. The molecule has 8 nitrogen and oxygen atoms in total. The van der Waals surface area contributed by atoms with Crippen LogP contribution in [0.4, 0.5) is 4.79 Å². The molecule has 1 aliphatic heterocycles. The molecule has 156 valence electrons. The van der Waals surface area contributed by atoms with E-state index in [2.05, 4.69) is 10.1 Å². The molecule has 0 unspecified atom stereocenters. The minimum Gasteiger partial charge on any atom is -0.453 e. The number of methoxy groups -OCH3 is 1. The van der Waals surface area contributed by atoms with E-state index in [0.29, 0.717) is 31.1 Å². The van der Waals surface area contributed by atoms with Gasteiger partial charge in [0, 0.05) is 0 Å². The van der Waals surface area contributed by atoms with Crippen molar-refractivity contribution in [1.29, 1.82) is 0 Å². The van der Waals surface area contributed by atoms with Gasteiger partial charge in [-0.05, 0) is 56.9 Å². The van der Waals surface area contributed by atoms with E-state index >= 15 is 0 Å². The quantitative estimate of drug-likeness (QED) is 0.730. The maximum absolute atomic E-state index is 13.3. The van der Waals surface area contributed by atoms with Gasteiger partial charge in [-0.15, -0.1) is 0 Å². The number of sulfonamides is 1. The van der Waals surface area contributed by atoms with E-state index in [4.69, 9.17) is 0 Å². The smallest absolute Gasteiger partial charge is 0.413 e. The van der Waals surface area contributed by atoms with Crippen molar-refractivity contribution < 1.29 is 27.6 Å². The third kappa shape index (κ3) is 4.37. The lowest BCUT2D eigenvalue weighted by Gasteiger charge is -2.34. The van der Waals surface area contributed by atoms with Crippen LogP contribution >= 0.6 is 0 Å². The zero-order chi connectivity index (χ0) is 21.2. The number of nitrogens with one attached hydrogen (secondary N) is 2. The Morgan fingerprint density at radius 3 is 2.07 bits per heavy atom. The largest absolute Gasteiger partial charge is 0.453 e. The average molecular weight is 413 g/mol. The number of imide groups is 1. The van der Waals surface area contributed by atoms with E-state index in [1.165, 1.54) is 11.4 Å². The van der Waals surface area contributed by atoms with Gasteiger partial charge in [0.15, 0.2) is 6.04 Å². The van der Waals surface area contributed by atoms with Crippen molar-refractivity contribution in [3.05, 3.63) is 28.3 Å². The van der Waals surface area contributed by atoms with Crippen molar-refractivity contribution in [2.45, 2.75) is 45.6 Å². The third-order valence-electron chi connectivity index (χ3n) is 5.68. The molecule has 1 aromatic carbocycles. The highest BCUT2D eigenvalue weighted by Gasteiger charge is 2.36. The number of amides is 2. The molecule has 1 heterocycles. The predicted molar refractivity (Wildman–Crippen MR) is 105 cm³/mol. The lowest BCUT2D eigenvalue weighted by atomic mass is 10.0. The second kappa shape index (κ2) is 8.59. The Kier molecular flexibility index (Phi) is 6.84. The number of ether oxygens (including phenoxy) is 1. The van der Waals surface area contributed by atoms with Gasteiger partial charge in [-0.2, -0.15) is 4.31 Å². The Morgan fingerprint density at radius 2 is 1.61 bits per heavy atom. The number of nitrogens with zero attached hydrogens (tertiary/aromatic N) is 1. The summed E-state index contributed by atoms with van der Waals surface area (Å²) in [6.45, 7) is 10.9. The molecule has 0 radical (unpaired) electrons. The van der Waals surface area contributed by atoms with Crippen molar-refractivity contribution >= 4 is 22.0 Å². The van der Waals surface area contributed by atoms with Crippen molar-refractivity contribution in [2.75, 3.05) is 33.3 Å². The molecule has 1 saturated heterocycles. The molecule has 0 bridgehead atoms. The highest BCUT2D eigenvalue weighted by atomic mass is 32.2. The van der Waals surface area contributed by atoms with Gasteiger partial charge in [-0.3, -0.25) is 10.1 Å². The summed E-state index contributed by atoms with van der Waals surface area (Å²) in [6.07, 6.45) is -0.793. The van der Waals surface area contributed by atoms with Crippen molar-refractivity contribution in [1.82, 2.24) is 9.62 Å². The van der Waals surface area contributed by atoms with Crippen LogP contribution in [0.2, 0.25) is 0 Å². The van der Waals surface area contributed by atoms with Crippen LogP contribution in [0.3, 0.4) is 0 Å². The zero-order valence-electron chi connectivity index (χ0n) is 17.4. The number of carbonyl (C=O) groups excluding carboxylic acids is 2. The van der Waals surface area contributed by atoms with Crippen LogP contribution < -0.4 is 10.2 Å². The summed E-state index contributed by atoms with van der Waals surface area (Å²) in [5.74, 6) is -0.431. The standard InChI is InChI=1S/C19H29N3O5S/c1-12-11-13(2)15(4)17(14(12)3)28(25,26)22-9-7-21(8-10-22)16(5)18(23)20-19(24)27-6/h11,16H,7-10H2,1-6H3,(H,20,23,24)/p+1/t16-/m1/s1. The zero-order valence-corrected chi connectivity index (χ0v) is 18.2. The molecule has 0 aliphatic carbocycles. The van der Waals surface area contributed by atoms with Crippen LogP contribution in [0, 0.1) is 27.7 Å². The van der Waals surface area contributed by atoms with E-state index in [0.717, 1.165) is 27.2 Å². The molecule has 2 rings (SSSR count). The van der Waals surface area contributed by atoms with Crippen LogP contribution in [0.5, 0.6) is 0 Å². The molecule has 1 aliphatic rings. The van der Waals surface area contributed by atoms with Gasteiger partial charge >= 0.3 is 6.09 Å². The second-order valence-corrected chi connectivity index (χ2v) is 9.23. The second-order valence-electron chi connectivity index (χ2n) is 7.35. The minimum atomic E-state index is -3.62. The molecule has 0 aromatic heterocycles. The Balaban J connectivity index is 2.15. The number of alkyl carbamates (subject to hydrolysis) is 1. The number of rotatable bonds is 4. The first kappa shape index (κ1) is 22.3. The molecule has 2 N–H and O–H groups in total. The van der Waals surface area contributed by atoms with E-state index in [-0.39, 0.29) is 0 Å². The molecule has 0 saturated carbocycles. The van der Waals surface area contributed by atoms with E-state index < -0.39 is 28.1 Å². The van der Waals surface area contributed by atoms with Gasteiger partial charge in [0.1, 0.15) is 0 Å². The fraction of sp³-hybridized carbons (Fsp3) is 0.579. The summed E-state index contributed by atoms with van der Waals surface area (Å²) in [4.78, 5) is 24.7. The number of hydrogen-bond acceptors (Lipinski definition) is 5.